The SMILES string of the molecule is COC1CCCN(c2ccc(N)c(C)n2)C1. The van der Waals surface area contributed by atoms with Gasteiger partial charge in [0.2, 0.25) is 0 Å². The molecule has 0 aliphatic carbocycles. The zero-order valence-corrected chi connectivity index (χ0v) is 9.94. The van der Waals surface area contributed by atoms with Crippen molar-refractivity contribution < 1.29 is 4.74 Å². The van der Waals surface area contributed by atoms with Crippen LogP contribution in [-0.2, 0) is 4.74 Å². The maximum Gasteiger partial charge on any atom is 0.129 e. The number of hydrogen-bond donors (Lipinski definition) is 1. The monoisotopic (exact) mass is 221 g/mol. The van der Waals surface area contributed by atoms with Gasteiger partial charge in [-0.05, 0) is 31.9 Å². The summed E-state index contributed by atoms with van der Waals surface area (Å²) in [7, 11) is 1.77. The topological polar surface area (TPSA) is 51.4 Å². The summed E-state index contributed by atoms with van der Waals surface area (Å²) in [5.74, 6) is 1.01. The molecule has 1 saturated heterocycles. The maximum absolute atomic E-state index is 5.77. The number of ether oxygens (including phenoxy) is 1. The third-order valence-electron chi connectivity index (χ3n) is 3.15. The van der Waals surface area contributed by atoms with Crippen LogP contribution in [-0.4, -0.2) is 31.3 Å². The lowest BCUT2D eigenvalue weighted by atomic mass is 10.1. The Balaban J connectivity index is 2.13. The average Bonchev–Trinajstić information content (AvgIpc) is 2.33. The molecule has 0 spiro atoms. The van der Waals surface area contributed by atoms with E-state index in [4.69, 9.17) is 10.5 Å². The van der Waals surface area contributed by atoms with Crippen LogP contribution in [0.3, 0.4) is 0 Å². The van der Waals surface area contributed by atoms with Gasteiger partial charge in [0.1, 0.15) is 5.82 Å². The number of aromatic nitrogens is 1. The highest BCUT2D eigenvalue weighted by atomic mass is 16.5. The second kappa shape index (κ2) is 4.70. The molecule has 0 aromatic carbocycles. The van der Waals surface area contributed by atoms with Crippen LogP contribution < -0.4 is 10.6 Å². The molecule has 88 valence electrons. The van der Waals surface area contributed by atoms with Crippen molar-refractivity contribution in [1.29, 1.82) is 0 Å². The predicted octanol–water partition coefficient (Wildman–Crippen LogP) is 1.59. The number of pyridine rings is 1. The van der Waals surface area contributed by atoms with Gasteiger partial charge in [0.05, 0.1) is 17.5 Å². The van der Waals surface area contributed by atoms with Gasteiger partial charge in [-0.15, -0.1) is 0 Å². The normalized spacial score (nSPS) is 21.1. The molecule has 0 amide bonds. The molecular formula is C12H19N3O. The Kier molecular flexibility index (Phi) is 3.29. The van der Waals surface area contributed by atoms with Gasteiger partial charge in [-0.2, -0.15) is 0 Å². The lowest BCUT2D eigenvalue weighted by molar-refractivity contribution is 0.0891. The summed E-state index contributed by atoms with van der Waals surface area (Å²) in [6, 6.07) is 3.91. The molecule has 1 atom stereocenters. The van der Waals surface area contributed by atoms with Crippen LogP contribution in [0.15, 0.2) is 12.1 Å². The number of nitrogens with zero attached hydrogens (tertiary/aromatic N) is 2. The van der Waals surface area contributed by atoms with Crippen molar-refractivity contribution in [2.45, 2.75) is 25.9 Å². The molecule has 1 unspecified atom stereocenters. The Morgan fingerprint density at radius 1 is 1.50 bits per heavy atom. The number of piperidine rings is 1. The van der Waals surface area contributed by atoms with E-state index in [2.05, 4.69) is 9.88 Å². The average molecular weight is 221 g/mol. The van der Waals surface area contributed by atoms with Gasteiger partial charge in [-0.1, -0.05) is 0 Å². The van der Waals surface area contributed by atoms with Crippen molar-refractivity contribution in [3.63, 3.8) is 0 Å². The number of nitrogens with two attached hydrogens (primary N) is 1. The first kappa shape index (κ1) is 11.2. The van der Waals surface area contributed by atoms with Crippen LogP contribution in [0.1, 0.15) is 18.5 Å². The Hall–Kier alpha value is -1.29. The van der Waals surface area contributed by atoms with Crippen LogP contribution in [0.4, 0.5) is 11.5 Å². The fraction of sp³-hybridized carbons (Fsp3) is 0.583. The Morgan fingerprint density at radius 3 is 3.00 bits per heavy atom. The summed E-state index contributed by atoms with van der Waals surface area (Å²) in [4.78, 5) is 6.78. The lowest BCUT2D eigenvalue weighted by Crippen LogP contribution is -2.39. The molecule has 2 heterocycles. The van der Waals surface area contributed by atoms with Gasteiger partial charge in [-0.25, -0.2) is 4.98 Å². The van der Waals surface area contributed by atoms with Gasteiger partial charge >= 0.3 is 0 Å². The summed E-state index contributed by atoms with van der Waals surface area (Å²) < 4.78 is 5.40. The van der Waals surface area contributed by atoms with E-state index in [1.54, 1.807) is 7.11 Å². The third kappa shape index (κ3) is 2.27. The standard InChI is InChI=1S/C12H19N3O/c1-9-11(13)5-6-12(14-9)15-7-3-4-10(8-15)16-2/h5-6,10H,3-4,7-8,13H2,1-2H3. The minimum Gasteiger partial charge on any atom is -0.397 e. The number of rotatable bonds is 2. The number of nitrogen functional groups attached to an aromatic ring is 1. The largest absolute Gasteiger partial charge is 0.397 e. The second-order valence-corrected chi connectivity index (χ2v) is 4.29. The van der Waals surface area contributed by atoms with Crippen molar-refractivity contribution in [3.05, 3.63) is 17.8 Å². The highest BCUT2D eigenvalue weighted by Crippen LogP contribution is 2.21. The summed E-state index contributed by atoms with van der Waals surface area (Å²) in [6.45, 7) is 3.92. The van der Waals surface area contributed by atoms with Crippen molar-refractivity contribution >= 4 is 11.5 Å². The first-order valence-corrected chi connectivity index (χ1v) is 5.71. The fourth-order valence-electron chi connectivity index (χ4n) is 2.07. The number of hydrogen-bond acceptors (Lipinski definition) is 4. The first-order chi connectivity index (χ1) is 7.70. The Morgan fingerprint density at radius 2 is 2.31 bits per heavy atom. The van der Waals surface area contributed by atoms with Crippen LogP contribution in [0.25, 0.3) is 0 Å². The lowest BCUT2D eigenvalue weighted by Gasteiger charge is -2.33. The van der Waals surface area contributed by atoms with Crippen LogP contribution in [0, 0.1) is 6.92 Å². The van der Waals surface area contributed by atoms with E-state index in [0.717, 1.165) is 43.1 Å². The summed E-state index contributed by atoms with van der Waals surface area (Å²) in [5.41, 5.74) is 7.42. The van der Waals surface area contributed by atoms with Gasteiger partial charge < -0.3 is 15.4 Å². The number of aryl methyl sites for hydroxylation is 1. The zero-order valence-electron chi connectivity index (χ0n) is 9.94. The highest BCUT2D eigenvalue weighted by molar-refractivity contribution is 5.50. The molecule has 1 aliphatic rings. The molecule has 4 heteroatoms. The smallest absolute Gasteiger partial charge is 0.129 e. The molecule has 16 heavy (non-hydrogen) atoms. The van der Waals surface area contributed by atoms with E-state index in [1.165, 1.54) is 0 Å². The predicted molar refractivity (Wildman–Crippen MR) is 65.6 cm³/mol. The molecular weight excluding hydrogens is 202 g/mol. The molecule has 0 bridgehead atoms. The van der Waals surface area contributed by atoms with Gasteiger partial charge in [0.15, 0.2) is 0 Å². The Labute approximate surface area is 96.4 Å². The molecule has 0 saturated carbocycles. The second-order valence-electron chi connectivity index (χ2n) is 4.29. The molecule has 1 aromatic heterocycles. The number of anilines is 2. The van der Waals surface area contributed by atoms with Crippen LogP contribution in [0.5, 0.6) is 0 Å². The molecule has 1 aliphatic heterocycles. The van der Waals surface area contributed by atoms with E-state index in [9.17, 15) is 0 Å². The maximum atomic E-state index is 5.77. The fourth-order valence-corrected chi connectivity index (χ4v) is 2.07. The van der Waals surface area contributed by atoms with E-state index in [1.807, 2.05) is 19.1 Å². The first-order valence-electron chi connectivity index (χ1n) is 5.71. The van der Waals surface area contributed by atoms with Crippen molar-refractivity contribution in [2.75, 3.05) is 30.8 Å². The van der Waals surface area contributed by atoms with Crippen LogP contribution >= 0.6 is 0 Å². The molecule has 1 aromatic rings. The van der Waals surface area contributed by atoms with Gasteiger partial charge in [0, 0.05) is 20.2 Å². The van der Waals surface area contributed by atoms with Gasteiger partial charge in [-0.3, -0.25) is 0 Å². The van der Waals surface area contributed by atoms with Crippen molar-refractivity contribution in [1.82, 2.24) is 4.98 Å². The summed E-state index contributed by atoms with van der Waals surface area (Å²) >= 11 is 0. The summed E-state index contributed by atoms with van der Waals surface area (Å²) in [6.07, 6.45) is 2.62. The molecule has 1 fully saturated rings. The van der Waals surface area contributed by atoms with Gasteiger partial charge in [0.25, 0.3) is 0 Å². The molecule has 0 radical (unpaired) electrons. The Bertz CT molecular complexity index is 367. The summed E-state index contributed by atoms with van der Waals surface area (Å²) in [5, 5.41) is 0. The third-order valence-corrected chi connectivity index (χ3v) is 3.15. The van der Waals surface area contributed by atoms with Crippen LogP contribution in [0.2, 0.25) is 0 Å². The molecule has 2 N–H and O–H groups in total. The molecule has 4 nitrogen and oxygen atoms in total. The van der Waals surface area contributed by atoms with E-state index in [0.29, 0.717) is 6.10 Å². The molecule has 2 rings (SSSR count). The minimum absolute atomic E-state index is 0.327. The van der Waals surface area contributed by atoms with Crippen molar-refractivity contribution in [2.24, 2.45) is 0 Å². The zero-order chi connectivity index (χ0) is 11.5. The quantitative estimate of drug-likeness (QED) is 0.824. The highest BCUT2D eigenvalue weighted by Gasteiger charge is 2.20. The van der Waals surface area contributed by atoms with E-state index in [-0.39, 0.29) is 0 Å². The van der Waals surface area contributed by atoms with E-state index < -0.39 is 0 Å². The van der Waals surface area contributed by atoms with E-state index >= 15 is 0 Å². The minimum atomic E-state index is 0.327. The number of methoxy groups -OCH3 is 1. The van der Waals surface area contributed by atoms with Crippen molar-refractivity contribution in [3.8, 4) is 0 Å².